The van der Waals surface area contributed by atoms with Gasteiger partial charge in [-0.1, -0.05) is 60.7 Å². The molecule has 1 fully saturated rings. The number of hydrogen-bond donors (Lipinski definition) is 0. The minimum Gasteiger partial charge on any atom is -0.462 e. The Morgan fingerprint density at radius 2 is 1.41 bits per heavy atom. The summed E-state index contributed by atoms with van der Waals surface area (Å²) in [6, 6.07) is 19.1. The van der Waals surface area contributed by atoms with E-state index in [4.69, 9.17) is 9.47 Å². The predicted octanol–water partition coefficient (Wildman–Crippen LogP) is 2.98. The monoisotopic (exact) mass is 367 g/mol. The Bertz CT molecular complexity index is 747. The van der Waals surface area contributed by atoms with E-state index in [1.165, 1.54) is 0 Å². The van der Waals surface area contributed by atoms with Crippen LogP contribution in [0, 0.1) is 0 Å². The molecule has 1 aliphatic heterocycles. The van der Waals surface area contributed by atoms with Crippen LogP contribution in [-0.4, -0.2) is 42.8 Å². The van der Waals surface area contributed by atoms with Crippen LogP contribution in [0.4, 0.5) is 0 Å². The number of rotatable bonds is 6. The normalized spacial score (nSPS) is 20.0. The van der Waals surface area contributed by atoms with Gasteiger partial charge in [0.1, 0.15) is 6.10 Å². The number of piperidine rings is 1. The topological polar surface area (TPSA) is 55.8 Å². The Kier molecular flexibility index (Phi) is 6.60. The fourth-order valence-corrected chi connectivity index (χ4v) is 3.21. The molecule has 1 aliphatic rings. The summed E-state index contributed by atoms with van der Waals surface area (Å²) in [5.41, 5.74) is 1.85. The van der Waals surface area contributed by atoms with Crippen LogP contribution in [0.25, 0.3) is 0 Å². The van der Waals surface area contributed by atoms with Gasteiger partial charge < -0.3 is 9.47 Å². The molecule has 27 heavy (non-hydrogen) atoms. The first kappa shape index (κ1) is 19.1. The minimum atomic E-state index is -0.371. The first-order chi connectivity index (χ1) is 13.1. The van der Waals surface area contributed by atoms with Gasteiger partial charge in [0.25, 0.3) is 0 Å². The molecule has 0 radical (unpaired) electrons. The van der Waals surface area contributed by atoms with E-state index in [1.807, 2.05) is 72.6 Å². The molecular weight excluding hydrogens is 342 g/mol. The Morgan fingerprint density at radius 1 is 0.889 bits per heavy atom. The molecule has 0 amide bonds. The quantitative estimate of drug-likeness (QED) is 0.735. The van der Waals surface area contributed by atoms with Gasteiger partial charge in [0.05, 0.1) is 12.8 Å². The van der Waals surface area contributed by atoms with E-state index < -0.39 is 0 Å². The lowest BCUT2D eigenvalue weighted by molar-refractivity contribution is -0.170. The largest absolute Gasteiger partial charge is 0.462 e. The number of nitrogens with zero attached hydrogens (tertiary/aromatic N) is 1. The van der Waals surface area contributed by atoms with Crippen LogP contribution in [0.5, 0.6) is 0 Å². The SMILES string of the molecule is CN1CCC(OC(=O)Cc2ccccc2)CC1OC(=O)Cc1ccccc1. The molecule has 2 unspecified atom stereocenters. The second-order valence-electron chi connectivity index (χ2n) is 6.89. The van der Waals surface area contributed by atoms with Crippen LogP contribution in [-0.2, 0) is 31.9 Å². The molecular formula is C22H25NO4. The second-order valence-corrected chi connectivity index (χ2v) is 6.89. The maximum Gasteiger partial charge on any atom is 0.311 e. The van der Waals surface area contributed by atoms with Crippen molar-refractivity contribution in [2.24, 2.45) is 0 Å². The summed E-state index contributed by atoms with van der Waals surface area (Å²) in [7, 11) is 1.92. The molecule has 2 aromatic rings. The lowest BCUT2D eigenvalue weighted by Gasteiger charge is -2.35. The fraction of sp³-hybridized carbons (Fsp3) is 0.364. The van der Waals surface area contributed by atoms with Gasteiger partial charge in [-0.15, -0.1) is 0 Å². The molecule has 1 heterocycles. The van der Waals surface area contributed by atoms with Gasteiger partial charge in [-0.25, -0.2) is 0 Å². The fourth-order valence-electron chi connectivity index (χ4n) is 3.21. The number of hydrogen-bond acceptors (Lipinski definition) is 5. The van der Waals surface area contributed by atoms with Crippen LogP contribution in [0.3, 0.4) is 0 Å². The van der Waals surface area contributed by atoms with Crippen molar-refractivity contribution >= 4 is 11.9 Å². The summed E-state index contributed by atoms with van der Waals surface area (Å²) in [6.45, 7) is 0.715. The maximum absolute atomic E-state index is 12.2. The Balaban J connectivity index is 1.49. The summed E-state index contributed by atoms with van der Waals surface area (Å²) >= 11 is 0. The molecule has 0 aliphatic carbocycles. The number of ether oxygens (including phenoxy) is 2. The van der Waals surface area contributed by atoms with Crippen LogP contribution in [0.15, 0.2) is 60.7 Å². The summed E-state index contributed by atoms with van der Waals surface area (Å²) in [4.78, 5) is 26.4. The first-order valence-electron chi connectivity index (χ1n) is 9.27. The number of esters is 2. The lowest BCUT2D eigenvalue weighted by atomic mass is 10.1. The van der Waals surface area contributed by atoms with Crippen molar-refractivity contribution in [1.82, 2.24) is 4.90 Å². The third-order valence-electron chi connectivity index (χ3n) is 4.71. The molecule has 3 rings (SSSR count). The van der Waals surface area contributed by atoms with Gasteiger partial charge in [0, 0.05) is 13.0 Å². The van der Waals surface area contributed by atoms with E-state index in [0.29, 0.717) is 13.0 Å². The summed E-state index contributed by atoms with van der Waals surface area (Å²) in [5.74, 6) is -0.514. The highest BCUT2D eigenvalue weighted by molar-refractivity contribution is 5.73. The summed E-state index contributed by atoms with van der Waals surface area (Å²) in [6.07, 6.45) is 1.13. The zero-order chi connectivity index (χ0) is 19.1. The molecule has 0 aromatic heterocycles. The molecule has 0 spiro atoms. The van der Waals surface area contributed by atoms with Crippen LogP contribution in [0.1, 0.15) is 24.0 Å². The summed E-state index contributed by atoms with van der Waals surface area (Å²) < 4.78 is 11.3. The Hall–Kier alpha value is -2.66. The molecule has 2 atom stereocenters. The standard InChI is InChI=1S/C22H25NO4/c1-23-13-12-19(26-21(24)14-17-8-4-2-5-9-17)16-20(23)27-22(25)15-18-10-6-3-7-11-18/h2-11,19-20H,12-16H2,1H3. The van der Waals surface area contributed by atoms with E-state index in [9.17, 15) is 9.59 Å². The van der Waals surface area contributed by atoms with Crippen molar-refractivity contribution in [3.8, 4) is 0 Å². The second kappa shape index (κ2) is 9.33. The zero-order valence-electron chi connectivity index (χ0n) is 15.5. The van der Waals surface area contributed by atoms with Crippen molar-refractivity contribution in [2.75, 3.05) is 13.6 Å². The van der Waals surface area contributed by atoms with Gasteiger partial charge >= 0.3 is 11.9 Å². The van der Waals surface area contributed by atoms with Crippen molar-refractivity contribution in [3.63, 3.8) is 0 Å². The minimum absolute atomic E-state index is 0.230. The van der Waals surface area contributed by atoms with E-state index in [-0.39, 0.29) is 37.1 Å². The van der Waals surface area contributed by atoms with E-state index in [0.717, 1.165) is 17.5 Å². The Labute approximate surface area is 159 Å². The molecule has 0 bridgehead atoms. The predicted molar refractivity (Wildman–Crippen MR) is 102 cm³/mol. The van der Waals surface area contributed by atoms with Gasteiger partial charge in [0.2, 0.25) is 0 Å². The third-order valence-corrected chi connectivity index (χ3v) is 4.71. The van der Waals surface area contributed by atoms with Crippen LogP contribution in [0.2, 0.25) is 0 Å². The first-order valence-corrected chi connectivity index (χ1v) is 9.27. The Morgan fingerprint density at radius 3 is 1.96 bits per heavy atom. The van der Waals surface area contributed by atoms with Gasteiger partial charge in [0.15, 0.2) is 6.23 Å². The molecule has 1 saturated heterocycles. The van der Waals surface area contributed by atoms with Crippen molar-refractivity contribution < 1.29 is 19.1 Å². The van der Waals surface area contributed by atoms with Gasteiger partial charge in [-0.05, 0) is 24.6 Å². The van der Waals surface area contributed by atoms with E-state index in [1.54, 1.807) is 0 Å². The average Bonchev–Trinajstić information content (AvgIpc) is 2.66. The highest BCUT2D eigenvalue weighted by atomic mass is 16.6. The maximum atomic E-state index is 12.2. The van der Waals surface area contributed by atoms with Crippen LogP contribution < -0.4 is 0 Å². The number of benzene rings is 2. The van der Waals surface area contributed by atoms with Gasteiger partial charge in [-0.3, -0.25) is 14.5 Å². The summed E-state index contributed by atoms with van der Waals surface area (Å²) in [5, 5.41) is 0. The number of carbonyl (C=O) groups excluding carboxylic acids is 2. The van der Waals surface area contributed by atoms with E-state index >= 15 is 0 Å². The molecule has 2 aromatic carbocycles. The molecule has 142 valence electrons. The molecule has 5 nitrogen and oxygen atoms in total. The lowest BCUT2D eigenvalue weighted by Crippen LogP contribution is -2.45. The third kappa shape index (κ3) is 5.93. The number of likely N-dealkylation sites (tertiary alicyclic amines) is 1. The van der Waals surface area contributed by atoms with Crippen molar-refractivity contribution in [2.45, 2.75) is 38.0 Å². The zero-order valence-corrected chi connectivity index (χ0v) is 15.5. The van der Waals surface area contributed by atoms with Crippen molar-refractivity contribution in [1.29, 1.82) is 0 Å². The van der Waals surface area contributed by atoms with Crippen LogP contribution >= 0.6 is 0 Å². The van der Waals surface area contributed by atoms with Gasteiger partial charge in [-0.2, -0.15) is 0 Å². The highest BCUT2D eigenvalue weighted by Gasteiger charge is 2.31. The average molecular weight is 367 g/mol. The smallest absolute Gasteiger partial charge is 0.311 e. The molecule has 5 heteroatoms. The van der Waals surface area contributed by atoms with Crippen molar-refractivity contribution in [3.05, 3.63) is 71.8 Å². The molecule has 0 saturated carbocycles. The molecule has 0 N–H and O–H groups in total. The highest BCUT2D eigenvalue weighted by Crippen LogP contribution is 2.21. The van der Waals surface area contributed by atoms with E-state index in [2.05, 4.69) is 0 Å². The number of carbonyl (C=O) groups is 2.